The minimum absolute atomic E-state index is 0.0556. The number of nitrogens with one attached hydrogen (secondary N) is 1. The van der Waals surface area contributed by atoms with Gasteiger partial charge in [0.1, 0.15) is 6.54 Å². The number of halogens is 6. The number of likely N-dealkylation sites (tertiary alicyclic amines) is 1. The summed E-state index contributed by atoms with van der Waals surface area (Å²) in [7, 11) is 0. The Kier molecular flexibility index (Phi) is 8.21. The van der Waals surface area contributed by atoms with Gasteiger partial charge in [0.15, 0.2) is 5.69 Å². The molecule has 0 spiro atoms. The van der Waals surface area contributed by atoms with E-state index in [0.717, 1.165) is 4.68 Å². The lowest BCUT2D eigenvalue weighted by molar-refractivity contribution is -0.142. The average molecular weight is 590 g/mol. The topological polar surface area (TPSA) is 129 Å². The fourth-order valence-electron chi connectivity index (χ4n) is 4.73. The first-order chi connectivity index (χ1) is 19.2. The molecule has 2 aromatic heterocycles. The zero-order valence-electron chi connectivity index (χ0n) is 21.7. The highest BCUT2D eigenvalue weighted by Gasteiger charge is 2.42. The Balaban J connectivity index is 1.34. The van der Waals surface area contributed by atoms with Crippen LogP contribution in [0.15, 0.2) is 17.5 Å². The summed E-state index contributed by atoms with van der Waals surface area (Å²) in [5.74, 6) is -2.36. The maximum atomic E-state index is 13.5. The van der Waals surface area contributed by atoms with Gasteiger partial charge in [-0.2, -0.15) is 36.5 Å². The van der Waals surface area contributed by atoms with Crippen molar-refractivity contribution in [1.29, 1.82) is 0 Å². The molecule has 0 bridgehead atoms. The summed E-state index contributed by atoms with van der Waals surface area (Å²) in [4.78, 5) is 50.3. The van der Waals surface area contributed by atoms with E-state index in [1.54, 1.807) is 9.80 Å². The Labute approximate surface area is 229 Å². The molecule has 0 aliphatic carbocycles. The zero-order chi connectivity index (χ0) is 30.1. The van der Waals surface area contributed by atoms with Crippen LogP contribution in [0.1, 0.15) is 33.7 Å². The van der Waals surface area contributed by atoms with Crippen LogP contribution in [0.3, 0.4) is 0 Å². The van der Waals surface area contributed by atoms with Crippen molar-refractivity contribution in [1.82, 2.24) is 35.0 Å². The molecule has 12 nitrogen and oxygen atoms in total. The van der Waals surface area contributed by atoms with Gasteiger partial charge in [0, 0.05) is 64.1 Å². The van der Waals surface area contributed by atoms with Crippen LogP contribution in [-0.2, 0) is 28.5 Å². The van der Waals surface area contributed by atoms with Crippen molar-refractivity contribution in [3.63, 3.8) is 0 Å². The van der Waals surface area contributed by atoms with E-state index >= 15 is 0 Å². The van der Waals surface area contributed by atoms with Crippen LogP contribution < -0.4 is 10.3 Å². The Morgan fingerprint density at radius 1 is 1.00 bits per heavy atom. The second-order valence-corrected chi connectivity index (χ2v) is 9.47. The third-order valence-electron chi connectivity index (χ3n) is 6.90. The van der Waals surface area contributed by atoms with Gasteiger partial charge in [-0.25, -0.2) is 15.4 Å². The molecule has 0 aromatic carbocycles. The van der Waals surface area contributed by atoms with Crippen LogP contribution >= 0.6 is 0 Å². The van der Waals surface area contributed by atoms with Crippen molar-refractivity contribution in [2.24, 2.45) is 11.0 Å². The lowest BCUT2D eigenvalue weighted by atomic mass is 10.1. The van der Waals surface area contributed by atoms with Crippen molar-refractivity contribution in [2.75, 3.05) is 44.2 Å². The quantitative estimate of drug-likeness (QED) is 0.308. The van der Waals surface area contributed by atoms with E-state index in [2.05, 4.69) is 26.9 Å². The standard InChI is InChI=1S/C23H25F6N9O3/c1-13-17(19(40)33-30-2)18(23(27,28)29)34-38(13)12-16(39)37-4-3-14(11-37)20(41)35-5-7-36(8-6-35)21-31-9-15(10-32-21)22(24,25)26/h9-10,14H,2-8,11-12H2,1H3,(H,33,40). The van der Waals surface area contributed by atoms with Gasteiger partial charge < -0.3 is 14.7 Å². The smallest absolute Gasteiger partial charge is 0.340 e. The summed E-state index contributed by atoms with van der Waals surface area (Å²) in [6.07, 6.45) is -7.76. The van der Waals surface area contributed by atoms with Gasteiger partial charge in [0.25, 0.3) is 5.91 Å². The number of hydrogen-bond donors (Lipinski definition) is 1. The highest BCUT2D eigenvalue weighted by molar-refractivity contribution is 5.96. The number of carbonyl (C=O) groups is 3. The SMILES string of the molecule is C=NNC(=O)c1c(C(F)(F)F)nn(CC(=O)N2CCC(C(=O)N3CCN(c4ncc(C(F)(F)F)cn4)CC3)C2)c1C. The number of anilines is 1. The number of rotatable bonds is 6. The summed E-state index contributed by atoms with van der Waals surface area (Å²) in [6.45, 7) is 5.05. The lowest BCUT2D eigenvalue weighted by Crippen LogP contribution is -2.51. The molecule has 4 rings (SSSR count). The molecule has 1 N–H and O–H groups in total. The van der Waals surface area contributed by atoms with Crippen LogP contribution in [0.25, 0.3) is 0 Å². The third kappa shape index (κ3) is 6.40. The minimum Gasteiger partial charge on any atom is -0.340 e. The van der Waals surface area contributed by atoms with E-state index < -0.39 is 53.5 Å². The largest absolute Gasteiger partial charge is 0.435 e. The Hall–Kier alpha value is -4.25. The first-order valence-corrected chi connectivity index (χ1v) is 12.3. The monoisotopic (exact) mass is 589 g/mol. The summed E-state index contributed by atoms with van der Waals surface area (Å²) in [5, 5.41) is 6.54. The van der Waals surface area contributed by atoms with E-state index in [1.165, 1.54) is 11.8 Å². The number of alkyl halides is 6. The number of amides is 3. The fourth-order valence-corrected chi connectivity index (χ4v) is 4.73. The highest BCUT2D eigenvalue weighted by atomic mass is 19.4. The predicted octanol–water partition coefficient (Wildman–Crippen LogP) is 1.56. The van der Waals surface area contributed by atoms with Crippen LogP contribution in [0.2, 0.25) is 0 Å². The summed E-state index contributed by atoms with van der Waals surface area (Å²) < 4.78 is 79.5. The van der Waals surface area contributed by atoms with Gasteiger partial charge in [-0.3, -0.25) is 19.1 Å². The molecule has 18 heteroatoms. The van der Waals surface area contributed by atoms with Crippen molar-refractivity contribution < 1.29 is 40.7 Å². The zero-order valence-corrected chi connectivity index (χ0v) is 21.7. The normalized spacial score (nSPS) is 18.0. The van der Waals surface area contributed by atoms with E-state index in [9.17, 15) is 40.7 Å². The van der Waals surface area contributed by atoms with Gasteiger partial charge in [-0.05, 0) is 13.3 Å². The van der Waals surface area contributed by atoms with E-state index in [0.29, 0.717) is 31.9 Å². The van der Waals surface area contributed by atoms with Crippen LogP contribution in [-0.4, -0.2) is 93.3 Å². The number of hydrazone groups is 1. The molecule has 222 valence electrons. The molecule has 4 heterocycles. The molecule has 3 amide bonds. The highest BCUT2D eigenvalue weighted by Crippen LogP contribution is 2.33. The van der Waals surface area contributed by atoms with Gasteiger partial charge in [-0.1, -0.05) is 0 Å². The first kappa shape index (κ1) is 29.7. The molecule has 0 saturated carbocycles. The number of aromatic nitrogens is 4. The Morgan fingerprint density at radius 2 is 1.63 bits per heavy atom. The molecular formula is C23H25F6N9O3. The van der Waals surface area contributed by atoms with E-state index in [1.807, 2.05) is 5.43 Å². The molecule has 2 aliphatic rings. The Morgan fingerprint density at radius 3 is 2.20 bits per heavy atom. The molecule has 2 fully saturated rings. The van der Waals surface area contributed by atoms with Gasteiger partial charge >= 0.3 is 12.4 Å². The molecule has 41 heavy (non-hydrogen) atoms. The van der Waals surface area contributed by atoms with Crippen LogP contribution in [0.5, 0.6) is 0 Å². The Bertz CT molecular complexity index is 1320. The average Bonchev–Trinajstić information content (AvgIpc) is 3.54. The van der Waals surface area contributed by atoms with Crippen molar-refractivity contribution in [2.45, 2.75) is 32.2 Å². The first-order valence-electron chi connectivity index (χ1n) is 12.3. The number of nitrogens with zero attached hydrogens (tertiary/aromatic N) is 8. The van der Waals surface area contributed by atoms with E-state index in [-0.39, 0.29) is 43.7 Å². The second-order valence-electron chi connectivity index (χ2n) is 9.47. The molecule has 2 saturated heterocycles. The second kappa shape index (κ2) is 11.3. The predicted molar refractivity (Wildman–Crippen MR) is 129 cm³/mol. The number of hydrogen-bond acceptors (Lipinski definition) is 8. The van der Waals surface area contributed by atoms with E-state index in [4.69, 9.17) is 0 Å². The van der Waals surface area contributed by atoms with Crippen LogP contribution in [0.4, 0.5) is 32.3 Å². The molecule has 1 atom stereocenters. The fraction of sp³-hybridized carbons (Fsp3) is 0.522. The molecule has 2 aliphatic heterocycles. The number of carbonyl (C=O) groups excluding carboxylic acids is 3. The summed E-state index contributed by atoms with van der Waals surface area (Å²) in [5.41, 5.74) is -1.54. The minimum atomic E-state index is -4.96. The van der Waals surface area contributed by atoms with Crippen molar-refractivity contribution in [3.8, 4) is 0 Å². The number of piperazine rings is 1. The van der Waals surface area contributed by atoms with Gasteiger partial charge in [0.2, 0.25) is 17.8 Å². The maximum Gasteiger partial charge on any atom is 0.435 e. The molecular weight excluding hydrogens is 564 g/mol. The van der Waals surface area contributed by atoms with Gasteiger partial charge in [0.05, 0.1) is 17.0 Å². The van der Waals surface area contributed by atoms with Gasteiger partial charge in [-0.15, -0.1) is 0 Å². The molecule has 1 unspecified atom stereocenters. The maximum absolute atomic E-state index is 13.5. The van der Waals surface area contributed by atoms with Crippen molar-refractivity contribution in [3.05, 3.63) is 34.9 Å². The summed E-state index contributed by atoms with van der Waals surface area (Å²) >= 11 is 0. The summed E-state index contributed by atoms with van der Waals surface area (Å²) in [6, 6.07) is 0. The van der Waals surface area contributed by atoms with Crippen LogP contribution in [0, 0.1) is 12.8 Å². The molecule has 2 aromatic rings. The lowest BCUT2D eigenvalue weighted by Gasteiger charge is -2.36. The third-order valence-corrected chi connectivity index (χ3v) is 6.90. The van der Waals surface area contributed by atoms with Crippen molar-refractivity contribution >= 4 is 30.4 Å². The molecule has 0 radical (unpaired) electrons.